The van der Waals surface area contributed by atoms with Gasteiger partial charge in [0, 0.05) is 22.7 Å². The molecule has 1 atom stereocenters. The SMILES string of the molecule is CCCC[C@H](NC(=O)c1ccc2[nH]ccc2c1)C(=O)O. The molecule has 2 rings (SSSR count). The quantitative estimate of drug-likeness (QED) is 0.757. The van der Waals surface area contributed by atoms with Gasteiger partial charge in [0.15, 0.2) is 0 Å². The van der Waals surface area contributed by atoms with Crippen molar-refractivity contribution in [3.05, 3.63) is 36.0 Å². The Balaban J connectivity index is 2.10. The second kappa shape index (κ2) is 6.23. The number of rotatable bonds is 6. The molecule has 5 nitrogen and oxygen atoms in total. The van der Waals surface area contributed by atoms with E-state index in [1.165, 1.54) is 0 Å². The highest BCUT2D eigenvalue weighted by Crippen LogP contribution is 2.14. The normalized spacial score (nSPS) is 12.2. The number of fused-ring (bicyclic) bond motifs is 1. The Bertz CT molecular complexity index is 618. The fraction of sp³-hybridized carbons (Fsp3) is 0.333. The van der Waals surface area contributed by atoms with Gasteiger partial charge in [0.2, 0.25) is 0 Å². The molecule has 0 saturated carbocycles. The predicted molar refractivity (Wildman–Crippen MR) is 76.7 cm³/mol. The van der Waals surface area contributed by atoms with Crippen molar-refractivity contribution in [2.24, 2.45) is 0 Å². The van der Waals surface area contributed by atoms with Crippen LogP contribution >= 0.6 is 0 Å². The van der Waals surface area contributed by atoms with E-state index >= 15 is 0 Å². The molecule has 0 unspecified atom stereocenters. The minimum absolute atomic E-state index is 0.350. The van der Waals surface area contributed by atoms with Gasteiger partial charge >= 0.3 is 5.97 Å². The van der Waals surface area contributed by atoms with Crippen LogP contribution in [0.3, 0.4) is 0 Å². The van der Waals surface area contributed by atoms with E-state index < -0.39 is 12.0 Å². The standard InChI is InChI=1S/C15H18N2O3/c1-2-3-4-13(15(19)20)17-14(18)11-5-6-12-10(9-11)7-8-16-12/h5-9,13,16H,2-4H2,1H3,(H,17,18)(H,19,20)/t13-/m0/s1. The first-order valence-electron chi connectivity index (χ1n) is 6.72. The molecule has 0 spiro atoms. The van der Waals surface area contributed by atoms with Crippen molar-refractivity contribution < 1.29 is 14.7 Å². The number of amides is 1. The Labute approximate surface area is 117 Å². The van der Waals surface area contributed by atoms with Gasteiger partial charge in [-0.05, 0) is 30.7 Å². The highest BCUT2D eigenvalue weighted by molar-refractivity contribution is 5.99. The predicted octanol–water partition coefficient (Wildman–Crippen LogP) is 2.54. The number of unbranched alkanes of at least 4 members (excludes halogenated alkanes) is 1. The maximum absolute atomic E-state index is 12.1. The highest BCUT2D eigenvalue weighted by Gasteiger charge is 2.20. The second-order valence-electron chi connectivity index (χ2n) is 4.79. The maximum Gasteiger partial charge on any atom is 0.326 e. The number of H-pyrrole nitrogens is 1. The Kier molecular flexibility index (Phi) is 4.40. The fourth-order valence-corrected chi connectivity index (χ4v) is 2.10. The van der Waals surface area contributed by atoms with Gasteiger partial charge in [0.1, 0.15) is 6.04 Å². The topological polar surface area (TPSA) is 82.2 Å². The number of hydrogen-bond acceptors (Lipinski definition) is 2. The van der Waals surface area contributed by atoms with Crippen molar-refractivity contribution in [1.29, 1.82) is 0 Å². The van der Waals surface area contributed by atoms with Crippen molar-refractivity contribution in [1.82, 2.24) is 10.3 Å². The molecule has 3 N–H and O–H groups in total. The van der Waals surface area contributed by atoms with E-state index in [9.17, 15) is 9.59 Å². The molecule has 1 amide bonds. The first-order chi connectivity index (χ1) is 9.61. The molecular weight excluding hydrogens is 256 g/mol. The number of carbonyl (C=O) groups excluding carboxylic acids is 1. The van der Waals surface area contributed by atoms with Crippen LogP contribution < -0.4 is 5.32 Å². The van der Waals surface area contributed by atoms with Crippen molar-refractivity contribution >= 4 is 22.8 Å². The average molecular weight is 274 g/mol. The van der Waals surface area contributed by atoms with Crippen LogP contribution in [-0.4, -0.2) is 28.0 Å². The van der Waals surface area contributed by atoms with Gasteiger partial charge in [0.05, 0.1) is 0 Å². The number of hydrogen-bond donors (Lipinski definition) is 3. The molecular formula is C15H18N2O3. The average Bonchev–Trinajstić information content (AvgIpc) is 2.90. The molecule has 5 heteroatoms. The van der Waals surface area contributed by atoms with Gasteiger partial charge in [-0.15, -0.1) is 0 Å². The van der Waals surface area contributed by atoms with Crippen LogP contribution in [0.2, 0.25) is 0 Å². The van der Waals surface area contributed by atoms with Crippen LogP contribution in [0, 0.1) is 0 Å². The van der Waals surface area contributed by atoms with Gasteiger partial charge < -0.3 is 15.4 Å². The Hall–Kier alpha value is -2.30. The minimum atomic E-state index is -0.991. The largest absolute Gasteiger partial charge is 0.480 e. The van der Waals surface area contributed by atoms with Gasteiger partial charge in [-0.2, -0.15) is 0 Å². The summed E-state index contributed by atoms with van der Waals surface area (Å²) in [6.07, 6.45) is 3.92. The van der Waals surface area contributed by atoms with Gasteiger partial charge in [0.25, 0.3) is 5.91 Å². The van der Waals surface area contributed by atoms with Crippen LogP contribution in [-0.2, 0) is 4.79 Å². The van der Waals surface area contributed by atoms with Crippen molar-refractivity contribution in [3.63, 3.8) is 0 Å². The summed E-state index contributed by atoms with van der Waals surface area (Å²) in [5.74, 6) is -1.34. The molecule has 0 saturated heterocycles. The first-order valence-corrected chi connectivity index (χ1v) is 6.72. The zero-order chi connectivity index (χ0) is 14.5. The zero-order valence-corrected chi connectivity index (χ0v) is 11.3. The summed E-state index contributed by atoms with van der Waals surface area (Å²) >= 11 is 0. The third-order valence-corrected chi connectivity index (χ3v) is 3.27. The van der Waals surface area contributed by atoms with E-state index in [1.807, 2.05) is 19.1 Å². The summed E-state index contributed by atoms with van der Waals surface area (Å²) in [6, 6.07) is 6.29. The van der Waals surface area contributed by atoms with Crippen LogP contribution in [0.4, 0.5) is 0 Å². The molecule has 0 bridgehead atoms. The van der Waals surface area contributed by atoms with Crippen LogP contribution in [0.15, 0.2) is 30.5 Å². The number of carbonyl (C=O) groups is 2. The van der Waals surface area contributed by atoms with Crippen LogP contribution in [0.5, 0.6) is 0 Å². The van der Waals surface area contributed by atoms with E-state index in [4.69, 9.17) is 5.11 Å². The summed E-state index contributed by atoms with van der Waals surface area (Å²) in [5, 5.41) is 12.6. The molecule has 2 aromatic rings. The summed E-state index contributed by atoms with van der Waals surface area (Å²) in [7, 11) is 0. The number of aromatic nitrogens is 1. The smallest absolute Gasteiger partial charge is 0.326 e. The van der Waals surface area contributed by atoms with Gasteiger partial charge in [-0.1, -0.05) is 19.8 Å². The highest BCUT2D eigenvalue weighted by atomic mass is 16.4. The van der Waals surface area contributed by atoms with E-state index in [2.05, 4.69) is 10.3 Å². The van der Waals surface area contributed by atoms with Crippen LogP contribution in [0.1, 0.15) is 36.5 Å². The molecule has 0 radical (unpaired) electrons. The Morgan fingerprint density at radius 3 is 2.85 bits per heavy atom. The van der Waals surface area contributed by atoms with Gasteiger partial charge in [-0.25, -0.2) is 4.79 Å². The lowest BCUT2D eigenvalue weighted by Gasteiger charge is -2.14. The third kappa shape index (κ3) is 3.17. The molecule has 1 heterocycles. The van der Waals surface area contributed by atoms with Crippen LogP contribution in [0.25, 0.3) is 10.9 Å². The van der Waals surface area contributed by atoms with Gasteiger partial charge in [-0.3, -0.25) is 4.79 Å². The fourth-order valence-electron chi connectivity index (χ4n) is 2.10. The third-order valence-electron chi connectivity index (χ3n) is 3.27. The summed E-state index contributed by atoms with van der Waals surface area (Å²) in [6.45, 7) is 1.99. The number of carboxylic acid groups (broad SMARTS) is 1. The zero-order valence-electron chi connectivity index (χ0n) is 11.3. The number of benzene rings is 1. The molecule has 0 aliphatic rings. The van der Waals surface area contributed by atoms with E-state index in [0.717, 1.165) is 23.7 Å². The lowest BCUT2D eigenvalue weighted by molar-refractivity contribution is -0.139. The molecule has 1 aromatic carbocycles. The first kappa shape index (κ1) is 14.1. The molecule has 1 aromatic heterocycles. The van der Waals surface area contributed by atoms with E-state index in [1.54, 1.807) is 18.3 Å². The number of aliphatic carboxylic acids is 1. The monoisotopic (exact) mass is 274 g/mol. The summed E-state index contributed by atoms with van der Waals surface area (Å²) in [4.78, 5) is 26.3. The lowest BCUT2D eigenvalue weighted by atomic mass is 10.1. The minimum Gasteiger partial charge on any atom is -0.480 e. The summed E-state index contributed by atoms with van der Waals surface area (Å²) < 4.78 is 0. The number of carboxylic acids is 1. The Morgan fingerprint density at radius 2 is 2.15 bits per heavy atom. The lowest BCUT2D eigenvalue weighted by Crippen LogP contribution is -2.40. The molecule has 20 heavy (non-hydrogen) atoms. The van der Waals surface area contributed by atoms with Crippen molar-refractivity contribution in [2.75, 3.05) is 0 Å². The molecule has 106 valence electrons. The maximum atomic E-state index is 12.1. The Morgan fingerprint density at radius 1 is 1.35 bits per heavy atom. The second-order valence-corrected chi connectivity index (χ2v) is 4.79. The van der Waals surface area contributed by atoms with E-state index in [-0.39, 0.29) is 5.91 Å². The van der Waals surface area contributed by atoms with E-state index in [0.29, 0.717) is 12.0 Å². The number of nitrogens with one attached hydrogen (secondary N) is 2. The molecule has 0 aliphatic carbocycles. The molecule has 0 aliphatic heterocycles. The van der Waals surface area contributed by atoms with Crippen molar-refractivity contribution in [3.8, 4) is 0 Å². The summed E-state index contributed by atoms with van der Waals surface area (Å²) in [5.41, 5.74) is 1.42. The number of aromatic amines is 1. The van der Waals surface area contributed by atoms with Crippen molar-refractivity contribution in [2.45, 2.75) is 32.2 Å². The molecule has 0 fully saturated rings.